The third-order valence-electron chi connectivity index (χ3n) is 3.18. The van der Waals surface area contributed by atoms with Crippen molar-refractivity contribution in [2.24, 2.45) is 0 Å². The van der Waals surface area contributed by atoms with E-state index in [0.717, 1.165) is 12.0 Å². The summed E-state index contributed by atoms with van der Waals surface area (Å²) in [4.78, 5) is 24.6. The smallest absolute Gasteiger partial charge is 0.224 e. The van der Waals surface area contributed by atoms with E-state index < -0.39 is 0 Å². The molecule has 1 aliphatic rings. The molecule has 5 heteroatoms. The van der Waals surface area contributed by atoms with Crippen molar-refractivity contribution >= 4 is 23.4 Å². The lowest BCUT2D eigenvalue weighted by Crippen LogP contribution is -2.36. The quantitative estimate of drug-likeness (QED) is 0.911. The third-order valence-corrected chi connectivity index (χ3v) is 3.42. The third kappa shape index (κ3) is 3.96. The van der Waals surface area contributed by atoms with Crippen LogP contribution in [0.25, 0.3) is 0 Å². The predicted molar refractivity (Wildman–Crippen MR) is 74.0 cm³/mol. The summed E-state index contributed by atoms with van der Waals surface area (Å²) in [7, 11) is 0. The second-order valence-corrected chi connectivity index (χ2v) is 5.26. The Balaban J connectivity index is 1.86. The molecule has 0 spiro atoms. The van der Waals surface area contributed by atoms with Crippen molar-refractivity contribution in [3.05, 3.63) is 34.9 Å². The van der Waals surface area contributed by atoms with Crippen molar-refractivity contribution in [1.29, 1.82) is 0 Å². The molecule has 0 aliphatic carbocycles. The highest BCUT2D eigenvalue weighted by molar-refractivity contribution is 6.30. The first-order chi connectivity index (χ1) is 9.04. The Morgan fingerprint density at radius 3 is 3.00 bits per heavy atom. The minimum Gasteiger partial charge on any atom is -0.351 e. The van der Waals surface area contributed by atoms with Gasteiger partial charge < -0.3 is 10.2 Å². The lowest BCUT2D eigenvalue weighted by molar-refractivity contribution is -0.127. The molecule has 19 heavy (non-hydrogen) atoms. The van der Waals surface area contributed by atoms with Crippen molar-refractivity contribution in [2.45, 2.75) is 25.8 Å². The van der Waals surface area contributed by atoms with Gasteiger partial charge in [0.15, 0.2) is 0 Å². The number of likely N-dealkylation sites (tertiary alicyclic amines) is 1. The number of rotatable bonds is 4. The molecule has 2 amide bonds. The van der Waals surface area contributed by atoms with E-state index in [1.807, 2.05) is 24.3 Å². The number of benzene rings is 1. The van der Waals surface area contributed by atoms with E-state index >= 15 is 0 Å². The van der Waals surface area contributed by atoms with Crippen molar-refractivity contribution < 1.29 is 9.59 Å². The molecule has 4 nitrogen and oxygen atoms in total. The van der Waals surface area contributed by atoms with Gasteiger partial charge >= 0.3 is 0 Å². The Kier molecular flexibility index (Phi) is 4.43. The zero-order chi connectivity index (χ0) is 13.8. The Morgan fingerprint density at radius 1 is 1.53 bits per heavy atom. The SMILES string of the molecule is CC(=O)N[C@H]1CC(=O)N(CCc2cccc(Cl)c2)C1. The molecule has 1 saturated heterocycles. The topological polar surface area (TPSA) is 49.4 Å². The Hall–Kier alpha value is -1.55. The Bertz CT molecular complexity index is 490. The second kappa shape index (κ2) is 6.06. The molecule has 102 valence electrons. The molecule has 0 aromatic heterocycles. The average molecular weight is 281 g/mol. The van der Waals surface area contributed by atoms with Crippen LogP contribution in [0.1, 0.15) is 18.9 Å². The van der Waals surface area contributed by atoms with Crippen LogP contribution in [0.15, 0.2) is 24.3 Å². The van der Waals surface area contributed by atoms with Crippen molar-refractivity contribution in [1.82, 2.24) is 10.2 Å². The van der Waals surface area contributed by atoms with Gasteiger partial charge in [0.25, 0.3) is 0 Å². The van der Waals surface area contributed by atoms with Gasteiger partial charge in [-0.1, -0.05) is 23.7 Å². The van der Waals surface area contributed by atoms with Gasteiger partial charge in [0, 0.05) is 31.5 Å². The van der Waals surface area contributed by atoms with Gasteiger partial charge in [0.1, 0.15) is 0 Å². The summed E-state index contributed by atoms with van der Waals surface area (Å²) in [6, 6.07) is 7.59. The molecular formula is C14H17ClN2O2. The molecule has 0 saturated carbocycles. The summed E-state index contributed by atoms with van der Waals surface area (Å²) in [5, 5.41) is 3.50. The second-order valence-electron chi connectivity index (χ2n) is 4.82. The first-order valence-corrected chi connectivity index (χ1v) is 6.71. The molecule has 0 unspecified atom stereocenters. The molecule has 1 aliphatic heterocycles. The van der Waals surface area contributed by atoms with E-state index in [0.29, 0.717) is 24.5 Å². The molecular weight excluding hydrogens is 264 g/mol. The normalized spacial score (nSPS) is 18.7. The maximum absolute atomic E-state index is 11.8. The highest BCUT2D eigenvalue weighted by Crippen LogP contribution is 2.14. The molecule has 0 radical (unpaired) electrons. The molecule has 1 aromatic rings. The summed E-state index contributed by atoms with van der Waals surface area (Å²) < 4.78 is 0. The summed E-state index contributed by atoms with van der Waals surface area (Å²) in [6.07, 6.45) is 1.17. The number of carbonyl (C=O) groups excluding carboxylic acids is 2. The number of nitrogens with one attached hydrogen (secondary N) is 1. The van der Waals surface area contributed by atoms with Crippen LogP contribution in [0.3, 0.4) is 0 Å². The number of carbonyl (C=O) groups is 2. The van der Waals surface area contributed by atoms with Crippen LogP contribution in [0.4, 0.5) is 0 Å². The molecule has 1 aromatic carbocycles. The zero-order valence-electron chi connectivity index (χ0n) is 10.9. The maximum atomic E-state index is 11.8. The molecule has 1 N–H and O–H groups in total. The van der Waals surface area contributed by atoms with Crippen LogP contribution in [0.5, 0.6) is 0 Å². The number of hydrogen-bond donors (Lipinski definition) is 1. The van der Waals surface area contributed by atoms with Crippen molar-refractivity contribution in [3.63, 3.8) is 0 Å². The van der Waals surface area contributed by atoms with Crippen LogP contribution in [-0.4, -0.2) is 35.8 Å². The number of nitrogens with zero attached hydrogens (tertiary/aromatic N) is 1. The van der Waals surface area contributed by atoms with E-state index in [4.69, 9.17) is 11.6 Å². The van der Waals surface area contributed by atoms with Crippen molar-refractivity contribution in [2.75, 3.05) is 13.1 Å². The highest BCUT2D eigenvalue weighted by Gasteiger charge is 2.29. The van der Waals surface area contributed by atoms with Gasteiger partial charge in [-0.25, -0.2) is 0 Å². The molecule has 2 rings (SSSR count). The number of amides is 2. The van der Waals surface area contributed by atoms with E-state index in [2.05, 4.69) is 5.32 Å². The minimum absolute atomic E-state index is 0.0515. The minimum atomic E-state index is -0.0884. The summed E-state index contributed by atoms with van der Waals surface area (Å²) >= 11 is 5.92. The van der Waals surface area contributed by atoms with E-state index in [1.54, 1.807) is 4.90 Å². The fourth-order valence-electron chi connectivity index (χ4n) is 2.33. The first kappa shape index (κ1) is 13.9. The summed E-state index contributed by atoms with van der Waals surface area (Å²) in [5.41, 5.74) is 1.11. The van der Waals surface area contributed by atoms with E-state index in [-0.39, 0.29) is 17.9 Å². The Morgan fingerprint density at radius 2 is 2.32 bits per heavy atom. The summed E-state index contributed by atoms with van der Waals surface area (Å²) in [6.45, 7) is 2.73. The summed E-state index contributed by atoms with van der Waals surface area (Å²) in [5.74, 6) is 0.00951. The largest absolute Gasteiger partial charge is 0.351 e. The van der Waals surface area contributed by atoms with Crippen LogP contribution in [0.2, 0.25) is 5.02 Å². The lowest BCUT2D eigenvalue weighted by Gasteiger charge is -2.16. The fourth-order valence-corrected chi connectivity index (χ4v) is 2.54. The van der Waals surface area contributed by atoms with Crippen LogP contribution >= 0.6 is 11.6 Å². The van der Waals surface area contributed by atoms with Gasteiger partial charge in [-0.05, 0) is 24.1 Å². The fraction of sp³-hybridized carbons (Fsp3) is 0.429. The van der Waals surface area contributed by atoms with E-state index in [9.17, 15) is 9.59 Å². The van der Waals surface area contributed by atoms with Gasteiger partial charge in [0.2, 0.25) is 11.8 Å². The zero-order valence-corrected chi connectivity index (χ0v) is 11.6. The van der Waals surface area contributed by atoms with Crippen molar-refractivity contribution in [3.8, 4) is 0 Å². The molecule has 0 bridgehead atoms. The first-order valence-electron chi connectivity index (χ1n) is 6.34. The number of hydrogen-bond acceptors (Lipinski definition) is 2. The molecule has 1 fully saturated rings. The monoisotopic (exact) mass is 280 g/mol. The van der Waals surface area contributed by atoms with Gasteiger partial charge in [0.05, 0.1) is 6.04 Å². The molecule has 1 heterocycles. The highest BCUT2D eigenvalue weighted by atomic mass is 35.5. The van der Waals surface area contributed by atoms with Gasteiger partial charge in [-0.2, -0.15) is 0 Å². The number of halogens is 1. The van der Waals surface area contributed by atoms with Crippen LogP contribution in [-0.2, 0) is 16.0 Å². The predicted octanol–water partition coefficient (Wildman–Crippen LogP) is 1.62. The van der Waals surface area contributed by atoms with Crippen LogP contribution in [0, 0.1) is 0 Å². The average Bonchev–Trinajstić information content (AvgIpc) is 2.66. The maximum Gasteiger partial charge on any atom is 0.224 e. The van der Waals surface area contributed by atoms with Gasteiger partial charge in [-0.3, -0.25) is 9.59 Å². The Labute approximate surface area is 117 Å². The van der Waals surface area contributed by atoms with Crippen LogP contribution < -0.4 is 5.32 Å². The lowest BCUT2D eigenvalue weighted by atomic mass is 10.1. The van der Waals surface area contributed by atoms with E-state index in [1.165, 1.54) is 6.92 Å². The van der Waals surface area contributed by atoms with Gasteiger partial charge in [-0.15, -0.1) is 0 Å². The molecule has 1 atom stereocenters. The standard InChI is InChI=1S/C14H17ClN2O2/c1-10(18)16-13-8-14(19)17(9-13)6-5-11-3-2-4-12(15)7-11/h2-4,7,13H,5-6,8-9H2,1H3,(H,16,18)/t13-/m0/s1.